The number of aromatic nitrogens is 1. The van der Waals surface area contributed by atoms with Gasteiger partial charge in [0.1, 0.15) is 5.69 Å². The molecule has 0 atom stereocenters. The lowest BCUT2D eigenvalue weighted by molar-refractivity contribution is 0.0948. The maximum atomic E-state index is 11.5. The number of halogens is 1. The number of nitrogens with one attached hydrogen (secondary N) is 2. The molecule has 0 unspecified atom stereocenters. The molecule has 76 valence electrons. The molecule has 1 heterocycles. The molecule has 14 heavy (non-hydrogen) atoms. The highest BCUT2D eigenvalue weighted by Gasteiger charge is 2.09. The molecule has 1 aromatic heterocycles. The van der Waals surface area contributed by atoms with Gasteiger partial charge in [-0.25, -0.2) is 4.98 Å². The first-order chi connectivity index (χ1) is 6.75. The van der Waals surface area contributed by atoms with Crippen LogP contribution in [0.3, 0.4) is 0 Å². The normalized spacial score (nSPS) is 9.86. The number of hydrogen-bond donors (Lipinski definition) is 2. The smallest absolute Gasteiger partial charge is 0.271 e. The summed E-state index contributed by atoms with van der Waals surface area (Å²) in [5.41, 5.74) is 0.420. The van der Waals surface area contributed by atoms with Crippen LogP contribution in [0.25, 0.3) is 0 Å². The van der Waals surface area contributed by atoms with Gasteiger partial charge < -0.3 is 10.6 Å². The van der Waals surface area contributed by atoms with Crippen LogP contribution in [0, 0.1) is 0 Å². The summed E-state index contributed by atoms with van der Waals surface area (Å²) in [6, 6.07) is 3.56. The van der Waals surface area contributed by atoms with Crippen molar-refractivity contribution in [3.8, 4) is 0 Å². The first kappa shape index (κ1) is 11.1. The summed E-state index contributed by atoms with van der Waals surface area (Å²) in [6.45, 7) is 1.34. The SMILES string of the molecule is CNCCNC(=O)c1ncccc1Br. The highest BCUT2D eigenvalue weighted by atomic mass is 79.9. The Kier molecular flexibility index (Phi) is 4.55. The monoisotopic (exact) mass is 257 g/mol. The average Bonchev–Trinajstić information content (AvgIpc) is 2.18. The van der Waals surface area contributed by atoms with Crippen LogP contribution in [-0.2, 0) is 0 Å². The van der Waals surface area contributed by atoms with Gasteiger partial charge >= 0.3 is 0 Å². The third-order valence-corrected chi connectivity index (χ3v) is 2.27. The van der Waals surface area contributed by atoms with Crippen LogP contribution in [0.4, 0.5) is 0 Å². The second-order valence-electron chi connectivity index (χ2n) is 2.69. The van der Waals surface area contributed by atoms with Crippen molar-refractivity contribution in [1.82, 2.24) is 15.6 Å². The van der Waals surface area contributed by atoms with Crippen molar-refractivity contribution in [2.45, 2.75) is 0 Å². The van der Waals surface area contributed by atoms with Gasteiger partial charge in [-0.1, -0.05) is 0 Å². The van der Waals surface area contributed by atoms with Crippen molar-refractivity contribution < 1.29 is 4.79 Å². The van der Waals surface area contributed by atoms with Crippen LogP contribution in [0.5, 0.6) is 0 Å². The number of nitrogens with zero attached hydrogens (tertiary/aromatic N) is 1. The molecule has 0 aliphatic heterocycles. The van der Waals surface area contributed by atoms with E-state index in [1.54, 1.807) is 18.3 Å². The van der Waals surface area contributed by atoms with E-state index < -0.39 is 0 Å². The molecule has 2 N–H and O–H groups in total. The van der Waals surface area contributed by atoms with Crippen LogP contribution < -0.4 is 10.6 Å². The number of carbonyl (C=O) groups is 1. The Labute approximate surface area is 91.2 Å². The maximum absolute atomic E-state index is 11.5. The fourth-order valence-electron chi connectivity index (χ4n) is 0.938. The Morgan fingerprint density at radius 2 is 2.36 bits per heavy atom. The van der Waals surface area contributed by atoms with Crippen molar-refractivity contribution in [3.05, 3.63) is 28.5 Å². The van der Waals surface area contributed by atoms with Crippen molar-refractivity contribution in [2.24, 2.45) is 0 Å². The van der Waals surface area contributed by atoms with E-state index in [1.165, 1.54) is 0 Å². The second-order valence-corrected chi connectivity index (χ2v) is 3.55. The first-order valence-corrected chi connectivity index (χ1v) is 5.08. The minimum atomic E-state index is -0.160. The van der Waals surface area contributed by atoms with Gasteiger partial charge in [0, 0.05) is 23.8 Å². The second kappa shape index (κ2) is 5.72. The van der Waals surface area contributed by atoms with Crippen LogP contribution in [0.2, 0.25) is 0 Å². The minimum Gasteiger partial charge on any atom is -0.349 e. The molecule has 1 aromatic rings. The maximum Gasteiger partial charge on any atom is 0.271 e. The molecule has 0 bridgehead atoms. The number of hydrogen-bond acceptors (Lipinski definition) is 3. The Morgan fingerprint density at radius 1 is 1.57 bits per heavy atom. The van der Waals surface area contributed by atoms with Gasteiger partial charge in [0.15, 0.2) is 0 Å². The lowest BCUT2D eigenvalue weighted by Crippen LogP contribution is -2.31. The molecule has 0 spiro atoms. The van der Waals surface area contributed by atoms with Crippen molar-refractivity contribution in [1.29, 1.82) is 0 Å². The average molecular weight is 258 g/mol. The molecular formula is C9H12BrN3O. The van der Waals surface area contributed by atoms with Gasteiger partial charge in [0.05, 0.1) is 0 Å². The zero-order valence-corrected chi connectivity index (χ0v) is 9.47. The minimum absolute atomic E-state index is 0.160. The van der Waals surface area contributed by atoms with E-state index in [9.17, 15) is 4.79 Å². The molecule has 4 nitrogen and oxygen atoms in total. The van der Waals surface area contributed by atoms with Crippen molar-refractivity contribution >= 4 is 21.8 Å². The molecule has 0 saturated heterocycles. The predicted molar refractivity (Wildman–Crippen MR) is 58.2 cm³/mol. The Balaban J connectivity index is 2.56. The van der Waals surface area contributed by atoms with E-state index >= 15 is 0 Å². The molecule has 0 fully saturated rings. The molecule has 0 aliphatic rings. The summed E-state index contributed by atoms with van der Waals surface area (Å²) in [7, 11) is 1.84. The van der Waals surface area contributed by atoms with Gasteiger partial charge in [0.25, 0.3) is 5.91 Å². The number of carbonyl (C=O) groups excluding carboxylic acids is 1. The van der Waals surface area contributed by atoms with E-state index in [-0.39, 0.29) is 5.91 Å². The third-order valence-electron chi connectivity index (χ3n) is 1.63. The van der Waals surface area contributed by atoms with E-state index in [0.717, 1.165) is 6.54 Å². The summed E-state index contributed by atoms with van der Waals surface area (Å²) in [5, 5.41) is 5.69. The highest BCUT2D eigenvalue weighted by molar-refractivity contribution is 9.10. The number of rotatable bonds is 4. The zero-order chi connectivity index (χ0) is 10.4. The van der Waals surface area contributed by atoms with Gasteiger partial charge in [-0.05, 0) is 35.1 Å². The summed E-state index contributed by atoms with van der Waals surface area (Å²) in [6.07, 6.45) is 1.59. The Bertz CT molecular complexity index is 317. The van der Waals surface area contributed by atoms with Gasteiger partial charge in [-0.2, -0.15) is 0 Å². The van der Waals surface area contributed by atoms with Crippen LogP contribution >= 0.6 is 15.9 Å². The molecule has 1 rings (SSSR count). The molecular weight excluding hydrogens is 246 g/mol. The quantitative estimate of drug-likeness (QED) is 0.785. The standard InChI is InChI=1S/C9H12BrN3O/c1-11-5-6-13-9(14)8-7(10)3-2-4-12-8/h2-4,11H,5-6H2,1H3,(H,13,14). The van der Waals surface area contributed by atoms with Crippen molar-refractivity contribution in [2.75, 3.05) is 20.1 Å². The van der Waals surface area contributed by atoms with E-state index in [4.69, 9.17) is 0 Å². The summed E-state index contributed by atoms with van der Waals surface area (Å²) < 4.78 is 0.710. The van der Waals surface area contributed by atoms with E-state index in [2.05, 4.69) is 31.5 Å². The first-order valence-electron chi connectivity index (χ1n) is 4.29. The summed E-state index contributed by atoms with van der Waals surface area (Å²) >= 11 is 3.27. The molecule has 1 amide bonds. The zero-order valence-electron chi connectivity index (χ0n) is 7.88. The van der Waals surface area contributed by atoms with Gasteiger partial charge in [-0.3, -0.25) is 4.79 Å². The molecule has 0 saturated carbocycles. The van der Waals surface area contributed by atoms with Gasteiger partial charge in [-0.15, -0.1) is 0 Å². The third kappa shape index (κ3) is 3.08. The molecule has 0 radical (unpaired) electrons. The lowest BCUT2D eigenvalue weighted by atomic mass is 10.3. The predicted octanol–water partition coefficient (Wildman–Crippen LogP) is 0.793. The van der Waals surface area contributed by atoms with Crippen LogP contribution in [0.15, 0.2) is 22.8 Å². The lowest BCUT2D eigenvalue weighted by Gasteiger charge is -2.04. The van der Waals surface area contributed by atoms with Crippen LogP contribution in [-0.4, -0.2) is 31.0 Å². The number of pyridine rings is 1. The molecule has 0 aliphatic carbocycles. The Hall–Kier alpha value is -0.940. The summed E-state index contributed by atoms with van der Waals surface area (Å²) in [5.74, 6) is -0.160. The van der Waals surface area contributed by atoms with Crippen LogP contribution in [0.1, 0.15) is 10.5 Å². The Morgan fingerprint density at radius 3 is 3.00 bits per heavy atom. The largest absolute Gasteiger partial charge is 0.349 e. The number of likely N-dealkylation sites (N-methyl/N-ethyl adjacent to an activating group) is 1. The number of amides is 1. The molecule has 0 aromatic carbocycles. The van der Waals surface area contributed by atoms with E-state index in [1.807, 2.05) is 7.05 Å². The fourth-order valence-corrected chi connectivity index (χ4v) is 1.37. The molecule has 5 heteroatoms. The van der Waals surface area contributed by atoms with Gasteiger partial charge in [0.2, 0.25) is 0 Å². The summed E-state index contributed by atoms with van der Waals surface area (Å²) in [4.78, 5) is 15.5. The topological polar surface area (TPSA) is 54.0 Å². The van der Waals surface area contributed by atoms with Crippen molar-refractivity contribution in [3.63, 3.8) is 0 Å². The highest BCUT2D eigenvalue weighted by Crippen LogP contribution is 2.12. The fraction of sp³-hybridized carbons (Fsp3) is 0.333. The van der Waals surface area contributed by atoms with E-state index in [0.29, 0.717) is 16.7 Å².